The van der Waals surface area contributed by atoms with Crippen LogP contribution in [-0.4, -0.2) is 256 Å². The predicted molar refractivity (Wildman–Crippen MR) is 543 cm³/mol. The minimum Gasteiger partial charge on any atom is -0.497 e. The topological polar surface area (TPSA) is 429 Å². The number of rotatable bonds is 41. The van der Waals surface area contributed by atoms with Gasteiger partial charge in [-0.1, -0.05) is 0 Å². The van der Waals surface area contributed by atoms with Gasteiger partial charge < -0.3 is 93.5 Å². The van der Waals surface area contributed by atoms with Gasteiger partial charge in [0.15, 0.2) is 0 Å². The second-order valence-corrected chi connectivity index (χ2v) is 34.1. The molecule has 38 nitrogen and oxygen atoms in total. The molecule has 0 unspecified atom stereocenters. The number of nitrogens with one attached hydrogen (secondary N) is 4. The largest absolute Gasteiger partial charge is 0.497 e. The molecular formula is C104H117N23O15. The van der Waals surface area contributed by atoms with Crippen molar-refractivity contribution in [2.75, 3.05) is 163 Å². The van der Waals surface area contributed by atoms with Crippen LogP contribution >= 0.6 is 0 Å². The average Bonchev–Trinajstić information content (AvgIpc) is 1.62. The van der Waals surface area contributed by atoms with Crippen molar-refractivity contribution in [2.45, 2.75) is 64.6 Å². The third-order valence-electron chi connectivity index (χ3n) is 23.9. The summed E-state index contributed by atoms with van der Waals surface area (Å²) in [5.41, 5.74) is 19.2. The molecule has 0 spiro atoms. The van der Waals surface area contributed by atoms with E-state index >= 15 is 0 Å². The minimum atomic E-state index is -0.884. The van der Waals surface area contributed by atoms with E-state index < -0.39 is 5.54 Å². The van der Waals surface area contributed by atoms with E-state index in [4.69, 9.17) is 67.7 Å². The fraction of sp³-hybridized carbons (Fsp3) is 0.317. The number of aliphatic hydroxyl groups excluding tert-OH is 3. The minimum absolute atomic E-state index is 0.0608. The van der Waals surface area contributed by atoms with Crippen LogP contribution in [0, 0.1) is 11.8 Å². The number of aromatic nitrogens is 16. The van der Waals surface area contributed by atoms with Gasteiger partial charge >= 0.3 is 0 Å². The van der Waals surface area contributed by atoms with Crippen LogP contribution in [0.3, 0.4) is 0 Å². The number of nitrogens with zero attached hydrogens (tertiary/aromatic N) is 19. The highest BCUT2D eigenvalue weighted by molar-refractivity contribution is 5.96. The number of methoxy groups -OCH3 is 9. The third-order valence-corrected chi connectivity index (χ3v) is 23.9. The SMILES string of the molecule is CNC(=O)c1cc(OC)cc(N(CCO)c2ccc3ncc(-c4cnn(CCOC)c4)nc3c2)c1.COCCNC(=O)C(C)(C)n1cc(-c2cnc3ccc(N(CC4CC4)c4cc(OC)cc(OC)c4)cc3n2)cn1.COc1cc(OC)cc(N(CC2CC2)c2ccc3ncc(-c4cnn(CC(=O)NCCO)c4)nc3c2)c1.COc1cc(OC)cc(N(CCCO)c2ccc3ncc(-c4cn[nH]c4)nc3c2)c1. The smallest absolute Gasteiger partial charge is 0.251 e. The highest BCUT2D eigenvalue weighted by Gasteiger charge is 2.33. The van der Waals surface area contributed by atoms with E-state index in [1.165, 1.54) is 30.4 Å². The van der Waals surface area contributed by atoms with Crippen molar-refractivity contribution in [3.8, 4) is 85.3 Å². The van der Waals surface area contributed by atoms with Crippen LogP contribution in [0.15, 0.2) is 220 Å². The Morgan fingerprint density at radius 1 is 0.408 bits per heavy atom. The van der Waals surface area contributed by atoms with Gasteiger partial charge in [-0.2, -0.15) is 20.4 Å². The van der Waals surface area contributed by atoms with Gasteiger partial charge in [-0.15, -0.1) is 0 Å². The molecule has 738 valence electrons. The molecule has 2 saturated carbocycles. The van der Waals surface area contributed by atoms with Crippen molar-refractivity contribution < 1.29 is 72.3 Å². The van der Waals surface area contributed by atoms with Crippen LogP contribution in [0.1, 0.15) is 56.3 Å². The molecule has 38 heteroatoms. The first-order valence-corrected chi connectivity index (χ1v) is 46.4. The number of ether oxygens (including phenoxy) is 9. The van der Waals surface area contributed by atoms with Gasteiger partial charge in [-0.3, -0.25) is 53.5 Å². The summed E-state index contributed by atoms with van der Waals surface area (Å²) in [4.78, 5) is 83.3. The van der Waals surface area contributed by atoms with Crippen molar-refractivity contribution in [1.29, 1.82) is 0 Å². The van der Waals surface area contributed by atoms with E-state index in [1.54, 1.807) is 155 Å². The third kappa shape index (κ3) is 25.3. The number of benzene rings is 8. The van der Waals surface area contributed by atoms with Gasteiger partial charge in [0.05, 0.1) is 199 Å². The highest BCUT2D eigenvalue weighted by atomic mass is 16.5. The van der Waals surface area contributed by atoms with E-state index in [2.05, 4.69) is 94.3 Å². The van der Waals surface area contributed by atoms with E-state index in [9.17, 15) is 24.6 Å². The lowest BCUT2D eigenvalue weighted by Gasteiger charge is -2.26. The number of anilines is 8. The summed E-state index contributed by atoms with van der Waals surface area (Å²) < 4.78 is 53.5. The fourth-order valence-electron chi connectivity index (χ4n) is 15.7. The lowest BCUT2D eigenvalue weighted by atomic mass is 10.1. The molecule has 3 amide bonds. The zero-order valence-electron chi connectivity index (χ0n) is 81.4. The molecule has 0 saturated heterocycles. The molecular weight excluding hydrogens is 1810 g/mol. The lowest BCUT2D eigenvalue weighted by Crippen LogP contribution is -2.45. The van der Waals surface area contributed by atoms with E-state index in [1.807, 2.05) is 146 Å². The standard InChI is InChI=1S/C30H36N6O4.C27H30N6O4.C25H28N6O4.C22H23N5O3/c1-30(2,29(37)31-10-11-38-3)36-19-21(16-33-36)28-17-32-26-9-8-22(14-27(26)34-28)35(18-20-6-7-20)23-12-24(39-4)15-25(13-23)40-5;1-36-22-9-21(10-23(12-22)37-2)33(15-18-3-4-18)20-5-6-24-25(11-20)31-26(14-29-24)19-13-30-32(16-19)17-27(35)28-7-8-34;1-26-25(33)17-10-20(12-21(11-17)35-3)31(6-8-32)19-4-5-22-23(13-19)29-24(15-27-22)18-14-28-30(16-18)7-9-34-2;1-29-18-8-17(9-19(11-18)30-2)27(6-3-7-28)16-4-5-20-21(10-16)26-22(14-23-20)15-12-24-25-13-15/h8-9,12-17,19-20H,6-7,10-11,18H2,1-5H3,(H,31,37);5-6,9-14,16,18,34H,3-4,7-8,15,17H2,1-2H3,(H,28,35);4-5,10-16,32H,6-9H2,1-3H3,(H,26,33);4-5,8-14,28H,3,6-7H2,1-2H3,(H,24,25). The van der Waals surface area contributed by atoms with Crippen molar-refractivity contribution >= 4 is 107 Å². The van der Waals surface area contributed by atoms with E-state index in [-0.39, 0.29) is 50.6 Å². The number of H-pyrrole nitrogens is 1. The van der Waals surface area contributed by atoms with E-state index in [0.29, 0.717) is 109 Å². The average molecular weight is 1930 g/mol. The quantitative estimate of drug-likeness (QED) is 0.0175. The summed E-state index contributed by atoms with van der Waals surface area (Å²) in [7, 11) is 16.3. The summed E-state index contributed by atoms with van der Waals surface area (Å²) in [5.74, 6) is 5.59. The Hall–Kier alpha value is -16.0. The molecule has 8 aromatic carbocycles. The number of hydrogen-bond donors (Lipinski definition) is 7. The molecule has 7 N–H and O–H groups in total. The Balaban J connectivity index is 0.000000143. The Kier molecular flexibility index (Phi) is 33.6. The summed E-state index contributed by atoms with van der Waals surface area (Å²) >= 11 is 0. The Bertz CT molecular complexity index is 6930. The number of carbonyl (C=O) groups is 3. The maximum absolute atomic E-state index is 12.8. The van der Waals surface area contributed by atoms with Crippen LogP contribution in [0.25, 0.3) is 89.2 Å². The molecule has 142 heavy (non-hydrogen) atoms. The number of aromatic amines is 1. The molecule has 2 aliphatic carbocycles. The van der Waals surface area contributed by atoms with Gasteiger partial charge in [0.2, 0.25) is 11.8 Å². The Morgan fingerprint density at radius 2 is 0.810 bits per heavy atom. The molecule has 2 aliphatic rings. The van der Waals surface area contributed by atoms with Crippen molar-refractivity contribution in [2.24, 2.45) is 11.8 Å². The summed E-state index contributed by atoms with van der Waals surface area (Å²) in [6.07, 6.45) is 26.6. The highest BCUT2D eigenvalue weighted by Crippen LogP contribution is 2.43. The van der Waals surface area contributed by atoms with Crippen molar-refractivity contribution in [3.63, 3.8) is 0 Å². The normalized spacial score (nSPS) is 12.1. The number of carbonyl (C=O) groups excluding carboxylic acids is 3. The van der Waals surface area contributed by atoms with Crippen molar-refractivity contribution in [3.05, 3.63) is 226 Å². The van der Waals surface area contributed by atoms with Crippen LogP contribution in [-0.2, 0) is 37.7 Å². The first kappa shape index (κ1) is 100. The first-order valence-electron chi connectivity index (χ1n) is 46.4. The molecule has 0 aliphatic heterocycles. The van der Waals surface area contributed by atoms with E-state index in [0.717, 1.165) is 142 Å². The lowest BCUT2D eigenvalue weighted by molar-refractivity contribution is -0.129. The monoisotopic (exact) mass is 1930 g/mol. The molecule has 0 atom stereocenters. The van der Waals surface area contributed by atoms with Gasteiger partial charge in [0, 0.05) is 226 Å². The molecule has 2 fully saturated rings. The summed E-state index contributed by atoms with van der Waals surface area (Å²) in [5, 5.41) is 56.1. The number of aliphatic hydroxyl groups is 3. The molecule has 0 radical (unpaired) electrons. The Labute approximate surface area is 820 Å². The first-order chi connectivity index (χ1) is 69.1. The zero-order chi connectivity index (χ0) is 99.8. The Morgan fingerprint density at radius 3 is 1.22 bits per heavy atom. The molecule has 8 aromatic heterocycles. The maximum atomic E-state index is 12.8. The van der Waals surface area contributed by atoms with Crippen LogP contribution < -0.4 is 68.7 Å². The summed E-state index contributed by atoms with van der Waals surface area (Å²) in [6, 6.07) is 46.7. The second-order valence-electron chi connectivity index (χ2n) is 34.1. The number of fused-ring (bicyclic) bond motifs is 4. The number of amides is 3. The number of hydrogen-bond acceptors (Lipinski definition) is 31. The fourth-order valence-corrected chi connectivity index (χ4v) is 15.7. The van der Waals surface area contributed by atoms with Gasteiger partial charge in [0.1, 0.15) is 52.3 Å². The molecule has 18 rings (SSSR count). The van der Waals surface area contributed by atoms with Gasteiger partial charge in [-0.25, -0.2) is 19.9 Å². The van der Waals surface area contributed by atoms with Crippen LogP contribution in [0.4, 0.5) is 45.5 Å². The van der Waals surface area contributed by atoms with Crippen LogP contribution in [0.2, 0.25) is 0 Å². The molecule has 0 bridgehead atoms. The van der Waals surface area contributed by atoms with Gasteiger partial charge in [-0.05, 0) is 143 Å². The predicted octanol–water partition coefficient (Wildman–Crippen LogP) is 13.9. The van der Waals surface area contributed by atoms with Gasteiger partial charge in [0.25, 0.3) is 5.91 Å². The second kappa shape index (κ2) is 47.6. The maximum Gasteiger partial charge on any atom is 0.251 e. The summed E-state index contributed by atoms with van der Waals surface area (Å²) in [6.45, 7) is 8.64. The zero-order valence-corrected chi connectivity index (χ0v) is 81.4. The van der Waals surface area contributed by atoms with Crippen LogP contribution in [0.5, 0.6) is 40.2 Å². The molecule has 16 aromatic rings. The van der Waals surface area contributed by atoms with Crippen molar-refractivity contribution in [1.82, 2.24) is 95.4 Å². The molecule has 8 heterocycles.